The van der Waals surface area contributed by atoms with Crippen molar-refractivity contribution < 1.29 is 31.2 Å². The van der Waals surface area contributed by atoms with Crippen molar-refractivity contribution in [3.63, 3.8) is 0 Å². The Kier molecular flexibility index (Phi) is 7.97. The molecule has 0 bridgehead atoms. The summed E-state index contributed by atoms with van der Waals surface area (Å²) < 4.78 is 56.9. The van der Waals surface area contributed by atoms with Crippen LogP contribution in [0.4, 0.5) is 5.69 Å². The lowest BCUT2D eigenvalue weighted by Crippen LogP contribution is -2.46. The number of anilines is 1. The Balaban J connectivity index is 1.64. The van der Waals surface area contributed by atoms with Gasteiger partial charge in [-0.1, -0.05) is 30.3 Å². The van der Waals surface area contributed by atoms with E-state index in [9.17, 15) is 26.4 Å². The molecule has 0 aliphatic carbocycles. The van der Waals surface area contributed by atoms with Crippen LogP contribution in [0.1, 0.15) is 18.9 Å². The van der Waals surface area contributed by atoms with Crippen LogP contribution in [0.15, 0.2) is 88.7 Å². The smallest absolute Gasteiger partial charge is 0.252 e. The number of primary sulfonamides is 1. The van der Waals surface area contributed by atoms with Crippen molar-refractivity contribution >= 4 is 37.5 Å². The topological polar surface area (TPSA) is 144 Å². The summed E-state index contributed by atoms with van der Waals surface area (Å²) in [5, 5.41) is 5.15. The number of rotatable bonds is 10. The van der Waals surface area contributed by atoms with Gasteiger partial charge >= 0.3 is 0 Å². The van der Waals surface area contributed by atoms with E-state index in [1.807, 2.05) is 6.92 Å². The summed E-state index contributed by atoms with van der Waals surface area (Å²) in [7, 11) is -8.04. The minimum absolute atomic E-state index is 0.00987. The van der Waals surface area contributed by atoms with Crippen LogP contribution in [0, 0.1) is 0 Å². The Bertz CT molecular complexity index is 1520. The highest BCUT2D eigenvalue weighted by atomic mass is 32.2. The van der Waals surface area contributed by atoms with Crippen LogP contribution in [0.2, 0.25) is 0 Å². The first-order valence-corrected chi connectivity index (χ1v) is 14.8. The molecule has 0 spiro atoms. The van der Waals surface area contributed by atoms with Gasteiger partial charge in [-0.3, -0.25) is 9.59 Å². The SMILES string of the molecule is CCOc1ccc(N2C(=O)CC(N(CCc3ccc(S(N)(=O)=O)cc3)S(=O)(=O)c3ccccc3)C2=O)cc1. The summed E-state index contributed by atoms with van der Waals surface area (Å²) in [5.41, 5.74) is 0.951. The fourth-order valence-corrected chi connectivity index (χ4v) is 6.35. The zero-order valence-electron chi connectivity index (χ0n) is 20.6. The fraction of sp³-hybridized carbons (Fsp3) is 0.231. The standard InChI is InChI=1S/C26H27N3O7S2/c1-2-36-21-12-10-20(11-13-21)29-25(30)18-24(26(29)31)28(38(34,35)23-6-4-3-5-7-23)17-16-19-8-14-22(15-9-19)37(27,32)33/h3-15,24H,2,16-18H2,1H3,(H2,27,32,33). The van der Waals surface area contributed by atoms with Gasteiger partial charge in [0.1, 0.15) is 11.8 Å². The molecule has 3 aromatic rings. The van der Waals surface area contributed by atoms with Gasteiger partial charge in [-0.25, -0.2) is 26.9 Å². The van der Waals surface area contributed by atoms with E-state index in [2.05, 4.69) is 0 Å². The van der Waals surface area contributed by atoms with E-state index in [4.69, 9.17) is 9.88 Å². The maximum absolute atomic E-state index is 13.7. The highest BCUT2D eigenvalue weighted by Crippen LogP contribution is 2.30. The summed E-state index contributed by atoms with van der Waals surface area (Å²) in [6, 6.07) is 18.6. The summed E-state index contributed by atoms with van der Waals surface area (Å²) in [5.74, 6) is -0.591. The number of hydrogen-bond acceptors (Lipinski definition) is 7. The molecule has 4 rings (SSSR count). The molecule has 0 aromatic heterocycles. The predicted octanol–water partition coefficient (Wildman–Crippen LogP) is 2.30. The van der Waals surface area contributed by atoms with Crippen molar-refractivity contribution in [3.05, 3.63) is 84.4 Å². The number of ether oxygens (including phenoxy) is 1. The number of benzene rings is 3. The molecular formula is C26H27N3O7S2. The molecule has 0 saturated carbocycles. The first-order valence-electron chi connectivity index (χ1n) is 11.8. The van der Waals surface area contributed by atoms with E-state index >= 15 is 0 Å². The molecule has 2 N–H and O–H groups in total. The minimum atomic E-state index is -4.16. The average molecular weight is 558 g/mol. The van der Waals surface area contributed by atoms with Crippen LogP contribution >= 0.6 is 0 Å². The summed E-state index contributed by atoms with van der Waals surface area (Å²) >= 11 is 0. The lowest BCUT2D eigenvalue weighted by Gasteiger charge is -2.27. The maximum Gasteiger partial charge on any atom is 0.252 e. The lowest BCUT2D eigenvalue weighted by molar-refractivity contribution is -0.122. The van der Waals surface area contributed by atoms with Crippen molar-refractivity contribution in [2.45, 2.75) is 35.6 Å². The normalized spacial score (nSPS) is 16.3. The summed E-state index contributed by atoms with van der Waals surface area (Å²) in [6.07, 6.45) is -0.152. The number of hydrogen-bond donors (Lipinski definition) is 1. The molecule has 0 radical (unpaired) electrons. The van der Waals surface area contributed by atoms with E-state index in [1.54, 1.807) is 42.5 Å². The average Bonchev–Trinajstić information content (AvgIpc) is 3.18. The zero-order valence-corrected chi connectivity index (χ0v) is 22.2. The van der Waals surface area contributed by atoms with Crippen LogP contribution in [0.3, 0.4) is 0 Å². The van der Waals surface area contributed by atoms with Crippen molar-refractivity contribution in [2.24, 2.45) is 5.14 Å². The molecule has 1 saturated heterocycles. The van der Waals surface area contributed by atoms with Crippen LogP contribution in [-0.2, 0) is 36.1 Å². The first-order chi connectivity index (χ1) is 18.0. The summed E-state index contributed by atoms with van der Waals surface area (Å²) in [6.45, 7) is 2.18. The molecule has 2 amide bonds. The Labute approximate surface area is 221 Å². The van der Waals surface area contributed by atoms with Gasteiger partial charge in [-0.2, -0.15) is 4.31 Å². The van der Waals surface area contributed by atoms with E-state index in [-0.39, 0.29) is 29.2 Å². The molecule has 12 heteroatoms. The second-order valence-corrected chi connectivity index (χ2v) is 12.0. The van der Waals surface area contributed by atoms with Gasteiger partial charge in [0.05, 0.1) is 28.5 Å². The highest BCUT2D eigenvalue weighted by Gasteiger charge is 2.46. The summed E-state index contributed by atoms with van der Waals surface area (Å²) in [4.78, 5) is 27.4. The van der Waals surface area contributed by atoms with E-state index in [0.717, 1.165) is 9.21 Å². The minimum Gasteiger partial charge on any atom is -0.494 e. The third kappa shape index (κ3) is 5.78. The molecule has 1 heterocycles. The van der Waals surface area contributed by atoms with Gasteiger partial charge in [0.2, 0.25) is 26.0 Å². The monoisotopic (exact) mass is 557 g/mol. The lowest BCUT2D eigenvalue weighted by atomic mass is 10.1. The van der Waals surface area contributed by atoms with E-state index in [1.165, 1.54) is 36.4 Å². The molecular weight excluding hydrogens is 530 g/mol. The fourth-order valence-electron chi connectivity index (χ4n) is 4.23. The van der Waals surface area contributed by atoms with Gasteiger partial charge in [0.25, 0.3) is 5.91 Å². The van der Waals surface area contributed by atoms with Crippen LogP contribution in [0.5, 0.6) is 5.75 Å². The highest BCUT2D eigenvalue weighted by molar-refractivity contribution is 7.89. The van der Waals surface area contributed by atoms with Crippen molar-refractivity contribution in [2.75, 3.05) is 18.1 Å². The molecule has 3 aromatic carbocycles. The molecule has 1 atom stereocenters. The van der Waals surface area contributed by atoms with Crippen LogP contribution < -0.4 is 14.8 Å². The largest absolute Gasteiger partial charge is 0.494 e. The van der Waals surface area contributed by atoms with E-state index in [0.29, 0.717) is 23.6 Å². The predicted molar refractivity (Wildman–Crippen MR) is 140 cm³/mol. The Morgan fingerprint density at radius 3 is 2.11 bits per heavy atom. The molecule has 1 aliphatic heterocycles. The van der Waals surface area contributed by atoms with Gasteiger partial charge in [-0.15, -0.1) is 0 Å². The second kappa shape index (κ2) is 11.0. The Hall–Kier alpha value is -3.58. The molecule has 38 heavy (non-hydrogen) atoms. The quantitative estimate of drug-likeness (QED) is 0.377. The Morgan fingerprint density at radius 1 is 0.895 bits per heavy atom. The van der Waals surface area contributed by atoms with Crippen molar-refractivity contribution in [3.8, 4) is 5.75 Å². The number of nitrogens with two attached hydrogens (primary N) is 1. The number of sulfonamides is 2. The molecule has 200 valence electrons. The van der Waals surface area contributed by atoms with Crippen LogP contribution in [0.25, 0.3) is 0 Å². The zero-order chi connectivity index (χ0) is 27.5. The molecule has 10 nitrogen and oxygen atoms in total. The van der Waals surface area contributed by atoms with Crippen molar-refractivity contribution in [1.82, 2.24) is 4.31 Å². The third-order valence-electron chi connectivity index (χ3n) is 6.10. The second-order valence-electron chi connectivity index (χ2n) is 8.58. The van der Waals surface area contributed by atoms with Crippen molar-refractivity contribution in [1.29, 1.82) is 0 Å². The number of imide groups is 1. The van der Waals surface area contributed by atoms with Gasteiger partial charge in [0, 0.05) is 6.54 Å². The molecule has 1 fully saturated rings. The van der Waals surface area contributed by atoms with Gasteiger partial charge in [-0.05, 0) is 67.4 Å². The van der Waals surface area contributed by atoms with Crippen LogP contribution in [-0.4, -0.2) is 52.1 Å². The maximum atomic E-state index is 13.7. The first kappa shape index (κ1) is 27.5. The number of nitrogens with zero attached hydrogens (tertiary/aromatic N) is 2. The van der Waals surface area contributed by atoms with Gasteiger partial charge in [0.15, 0.2) is 0 Å². The molecule has 1 aliphatic rings. The number of carbonyl (C=O) groups excluding carboxylic acids is 2. The molecule has 1 unspecified atom stereocenters. The van der Waals surface area contributed by atoms with Gasteiger partial charge < -0.3 is 4.74 Å². The number of amides is 2. The third-order valence-corrected chi connectivity index (χ3v) is 8.95. The van der Waals surface area contributed by atoms with E-state index < -0.39 is 37.9 Å². The Morgan fingerprint density at radius 2 is 1.53 bits per heavy atom. The number of carbonyl (C=O) groups is 2.